The van der Waals surface area contributed by atoms with E-state index in [1.807, 2.05) is 30.3 Å². The quantitative estimate of drug-likeness (QED) is 0.873. The number of hydrogen-bond donors (Lipinski definition) is 1. The van der Waals surface area contributed by atoms with Gasteiger partial charge in [-0.15, -0.1) is 0 Å². The summed E-state index contributed by atoms with van der Waals surface area (Å²) in [4.78, 5) is 1.72. The van der Waals surface area contributed by atoms with Crippen molar-refractivity contribution in [3.05, 3.63) is 35.9 Å². The fourth-order valence-corrected chi connectivity index (χ4v) is 2.58. The number of nitrogens with zero attached hydrogens (tertiary/aromatic N) is 1. The lowest BCUT2D eigenvalue weighted by Crippen LogP contribution is -2.41. The second kappa shape index (κ2) is 6.25. The molecule has 0 amide bonds. The normalized spacial score (nSPS) is 24.9. The Morgan fingerprint density at radius 3 is 2.67 bits per heavy atom. The standard InChI is InChI=1S/C14H19F2NO/c15-14(16)13-12(18)8-10-17(13)9-4-7-11-5-2-1-3-6-11/h1-3,5-6,12-14,18H,4,7-10H2. The van der Waals surface area contributed by atoms with Crippen LogP contribution in [0.4, 0.5) is 8.78 Å². The van der Waals surface area contributed by atoms with Gasteiger partial charge in [0.1, 0.15) is 0 Å². The van der Waals surface area contributed by atoms with Gasteiger partial charge in [-0.3, -0.25) is 4.90 Å². The van der Waals surface area contributed by atoms with E-state index in [2.05, 4.69) is 0 Å². The molecule has 1 fully saturated rings. The molecule has 1 aromatic carbocycles. The Hall–Kier alpha value is -1.00. The maximum atomic E-state index is 12.8. The van der Waals surface area contributed by atoms with E-state index < -0.39 is 18.6 Å². The van der Waals surface area contributed by atoms with Gasteiger partial charge < -0.3 is 5.11 Å². The fraction of sp³-hybridized carbons (Fsp3) is 0.571. The van der Waals surface area contributed by atoms with Gasteiger partial charge in [0.2, 0.25) is 0 Å². The highest BCUT2D eigenvalue weighted by Gasteiger charge is 2.38. The summed E-state index contributed by atoms with van der Waals surface area (Å²) in [5.41, 5.74) is 1.23. The molecule has 2 nitrogen and oxygen atoms in total. The van der Waals surface area contributed by atoms with Crippen LogP contribution in [0.15, 0.2) is 30.3 Å². The molecule has 1 heterocycles. The number of halogens is 2. The van der Waals surface area contributed by atoms with Crippen molar-refractivity contribution < 1.29 is 13.9 Å². The Labute approximate surface area is 106 Å². The highest BCUT2D eigenvalue weighted by Crippen LogP contribution is 2.23. The zero-order valence-corrected chi connectivity index (χ0v) is 10.3. The summed E-state index contributed by atoms with van der Waals surface area (Å²) in [6, 6.07) is 9.05. The highest BCUT2D eigenvalue weighted by atomic mass is 19.3. The average molecular weight is 255 g/mol. The summed E-state index contributed by atoms with van der Waals surface area (Å²) < 4.78 is 25.6. The first kappa shape index (κ1) is 13.4. The van der Waals surface area contributed by atoms with Crippen molar-refractivity contribution in [3.8, 4) is 0 Å². The first-order chi connectivity index (χ1) is 8.68. The van der Waals surface area contributed by atoms with E-state index >= 15 is 0 Å². The molecule has 2 atom stereocenters. The first-order valence-corrected chi connectivity index (χ1v) is 6.42. The van der Waals surface area contributed by atoms with Crippen molar-refractivity contribution >= 4 is 0 Å². The second-order valence-electron chi connectivity index (χ2n) is 4.81. The van der Waals surface area contributed by atoms with Crippen molar-refractivity contribution in [1.29, 1.82) is 0 Å². The maximum absolute atomic E-state index is 12.8. The van der Waals surface area contributed by atoms with Crippen molar-refractivity contribution in [2.24, 2.45) is 0 Å². The van der Waals surface area contributed by atoms with Crippen LogP contribution in [0.25, 0.3) is 0 Å². The molecule has 0 spiro atoms. The largest absolute Gasteiger partial charge is 0.391 e. The molecular weight excluding hydrogens is 236 g/mol. The van der Waals surface area contributed by atoms with Crippen LogP contribution >= 0.6 is 0 Å². The molecule has 18 heavy (non-hydrogen) atoms. The molecule has 2 rings (SSSR count). The van der Waals surface area contributed by atoms with Gasteiger partial charge in [0.15, 0.2) is 0 Å². The summed E-state index contributed by atoms with van der Waals surface area (Å²) >= 11 is 0. The van der Waals surface area contributed by atoms with Crippen molar-refractivity contribution in [1.82, 2.24) is 4.90 Å². The lowest BCUT2D eigenvalue weighted by Gasteiger charge is -2.25. The van der Waals surface area contributed by atoms with E-state index in [1.165, 1.54) is 5.56 Å². The summed E-state index contributed by atoms with van der Waals surface area (Å²) in [6.45, 7) is 1.20. The third kappa shape index (κ3) is 3.27. The Morgan fingerprint density at radius 2 is 2.00 bits per heavy atom. The Bertz CT molecular complexity index is 358. The minimum atomic E-state index is -2.46. The summed E-state index contributed by atoms with van der Waals surface area (Å²) in [5, 5.41) is 9.52. The van der Waals surface area contributed by atoms with Crippen molar-refractivity contribution in [3.63, 3.8) is 0 Å². The van der Waals surface area contributed by atoms with Crippen LogP contribution in [0.5, 0.6) is 0 Å². The van der Waals surface area contributed by atoms with Crippen LogP contribution in [0.3, 0.4) is 0 Å². The second-order valence-corrected chi connectivity index (χ2v) is 4.81. The van der Waals surface area contributed by atoms with Gasteiger partial charge in [-0.1, -0.05) is 30.3 Å². The minimum Gasteiger partial charge on any atom is -0.391 e. The molecule has 0 radical (unpaired) electrons. The zero-order chi connectivity index (χ0) is 13.0. The van der Waals surface area contributed by atoms with Gasteiger partial charge in [0.05, 0.1) is 12.1 Å². The van der Waals surface area contributed by atoms with Gasteiger partial charge in [-0.2, -0.15) is 0 Å². The van der Waals surface area contributed by atoms with Crippen LogP contribution < -0.4 is 0 Å². The molecular formula is C14H19F2NO. The van der Waals surface area contributed by atoms with Crippen LogP contribution in [-0.2, 0) is 6.42 Å². The lowest BCUT2D eigenvalue weighted by atomic mass is 10.1. The monoisotopic (exact) mass is 255 g/mol. The molecule has 0 saturated carbocycles. The van der Waals surface area contributed by atoms with E-state index in [9.17, 15) is 13.9 Å². The summed E-state index contributed by atoms with van der Waals surface area (Å²) in [5.74, 6) is 0. The number of aliphatic hydroxyl groups excluding tert-OH is 1. The molecule has 1 aliphatic rings. The molecule has 100 valence electrons. The predicted octanol–water partition coefficient (Wildman–Crippen LogP) is 2.32. The lowest BCUT2D eigenvalue weighted by molar-refractivity contribution is -0.00537. The number of benzene rings is 1. The van der Waals surface area contributed by atoms with Gasteiger partial charge in [-0.05, 0) is 31.4 Å². The highest BCUT2D eigenvalue weighted by molar-refractivity contribution is 5.14. The van der Waals surface area contributed by atoms with Crippen LogP contribution in [-0.4, -0.2) is 41.7 Å². The Morgan fingerprint density at radius 1 is 1.28 bits per heavy atom. The number of likely N-dealkylation sites (tertiary alicyclic amines) is 1. The van der Waals surface area contributed by atoms with Crippen molar-refractivity contribution in [2.75, 3.05) is 13.1 Å². The van der Waals surface area contributed by atoms with Crippen LogP contribution in [0.1, 0.15) is 18.4 Å². The zero-order valence-electron chi connectivity index (χ0n) is 10.3. The van der Waals surface area contributed by atoms with Crippen molar-refractivity contribution in [2.45, 2.75) is 37.8 Å². The van der Waals surface area contributed by atoms with E-state index in [-0.39, 0.29) is 0 Å². The van der Waals surface area contributed by atoms with E-state index in [4.69, 9.17) is 0 Å². The molecule has 0 bridgehead atoms. The predicted molar refractivity (Wildman–Crippen MR) is 66.8 cm³/mol. The summed E-state index contributed by atoms with van der Waals surface area (Å²) in [7, 11) is 0. The molecule has 2 unspecified atom stereocenters. The third-order valence-electron chi connectivity index (χ3n) is 3.54. The van der Waals surface area contributed by atoms with Crippen LogP contribution in [0, 0.1) is 0 Å². The van der Waals surface area contributed by atoms with Gasteiger partial charge in [-0.25, -0.2) is 8.78 Å². The third-order valence-corrected chi connectivity index (χ3v) is 3.54. The fourth-order valence-electron chi connectivity index (χ4n) is 2.58. The van der Waals surface area contributed by atoms with E-state index in [1.54, 1.807) is 4.90 Å². The smallest absolute Gasteiger partial charge is 0.256 e. The van der Waals surface area contributed by atoms with Crippen LogP contribution in [0.2, 0.25) is 0 Å². The first-order valence-electron chi connectivity index (χ1n) is 6.42. The number of aryl methyl sites for hydroxylation is 1. The van der Waals surface area contributed by atoms with Gasteiger partial charge in [0.25, 0.3) is 6.43 Å². The van der Waals surface area contributed by atoms with E-state index in [0.29, 0.717) is 19.5 Å². The molecule has 1 aromatic rings. The molecule has 1 saturated heterocycles. The summed E-state index contributed by atoms with van der Waals surface area (Å²) in [6.07, 6.45) is -1.13. The minimum absolute atomic E-state index is 0.459. The average Bonchev–Trinajstić information content (AvgIpc) is 2.72. The molecule has 1 N–H and O–H groups in total. The SMILES string of the molecule is OC1CCN(CCCc2ccccc2)C1C(F)F. The Kier molecular flexibility index (Phi) is 4.66. The molecule has 0 aromatic heterocycles. The number of aliphatic hydroxyl groups is 1. The number of alkyl halides is 2. The number of rotatable bonds is 5. The molecule has 0 aliphatic carbocycles. The van der Waals surface area contributed by atoms with Gasteiger partial charge in [0, 0.05) is 6.54 Å². The Balaban J connectivity index is 1.80. The van der Waals surface area contributed by atoms with E-state index in [0.717, 1.165) is 12.8 Å². The molecule has 4 heteroatoms. The molecule has 1 aliphatic heterocycles. The van der Waals surface area contributed by atoms with Gasteiger partial charge >= 0.3 is 0 Å². The topological polar surface area (TPSA) is 23.5 Å². The maximum Gasteiger partial charge on any atom is 0.256 e. The number of hydrogen-bond acceptors (Lipinski definition) is 2.